The van der Waals surface area contributed by atoms with E-state index in [-0.39, 0.29) is 16.9 Å². The molecule has 1 aliphatic heterocycles. The Morgan fingerprint density at radius 2 is 2.03 bits per heavy atom. The number of nitrogens with zero attached hydrogens (tertiary/aromatic N) is 3. The van der Waals surface area contributed by atoms with Crippen molar-refractivity contribution in [2.75, 3.05) is 35.6 Å². The fraction of sp³-hybridized carbons (Fsp3) is 0.300. The van der Waals surface area contributed by atoms with Gasteiger partial charge in [0.25, 0.3) is 0 Å². The lowest BCUT2D eigenvalue weighted by Crippen LogP contribution is -2.41. The maximum atomic E-state index is 11.6. The van der Waals surface area contributed by atoms with E-state index in [0.717, 1.165) is 47.1 Å². The van der Waals surface area contributed by atoms with Gasteiger partial charge in [0.1, 0.15) is 0 Å². The summed E-state index contributed by atoms with van der Waals surface area (Å²) in [4.78, 5) is 10.9. The second-order valence-corrected chi connectivity index (χ2v) is 9.23. The third-order valence-corrected chi connectivity index (χ3v) is 5.66. The molecule has 4 rings (SSSR count). The van der Waals surface area contributed by atoms with Crippen molar-refractivity contribution < 1.29 is 13.2 Å². The van der Waals surface area contributed by atoms with E-state index < -0.39 is 10.0 Å². The molecule has 1 aromatic carbocycles. The van der Waals surface area contributed by atoms with Gasteiger partial charge >= 0.3 is 0 Å². The van der Waals surface area contributed by atoms with E-state index in [4.69, 9.17) is 16.3 Å². The van der Waals surface area contributed by atoms with E-state index in [2.05, 4.69) is 26.5 Å². The quantitative estimate of drug-likeness (QED) is 0.634. The third kappa shape index (κ3) is 4.44. The van der Waals surface area contributed by atoms with Crippen LogP contribution in [0.2, 0.25) is 5.15 Å². The minimum absolute atomic E-state index is 0.102. The molecule has 1 atom stereocenters. The van der Waals surface area contributed by atoms with Gasteiger partial charge < -0.3 is 9.64 Å². The Morgan fingerprint density at radius 1 is 1.21 bits per heavy atom. The lowest BCUT2D eigenvalue weighted by atomic mass is 10.0. The molecule has 0 saturated carbocycles. The molecule has 0 bridgehead atoms. The molecule has 0 amide bonds. The molecule has 0 spiro atoms. The Bertz CT molecular complexity index is 1170. The van der Waals surface area contributed by atoms with Crippen molar-refractivity contribution in [2.24, 2.45) is 0 Å². The number of rotatable bonds is 4. The van der Waals surface area contributed by atoms with Crippen molar-refractivity contribution >= 4 is 43.9 Å². The number of aromatic nitrogens is 2. The van der Waals surface area contributed by atoms with Crippen LogP contribution >= 0.6 is 11.6 Å². The zero-order valence-electron chi connectivity index (χ0n) is 16.1. The predicted molar refractivity (Wildman–Crippen MR) is 116 cm³/mol. The first-order valence-corrected chi connectivity index (χ1v) is 11.5. The molecule has 29 heavy (non-hydrogen) atoms. The molecular weight excluding hydrogens is 412 g/mol. The van der Waals surface area contributed by atoms with Gasteiger partial charge in [0, 0.05) is 42.1 Å². The zero-order valence-corrected chi connectivity index (χ0v) is 17.7. The largest absolute Gasteiger partial charge is 0.375 e. The van der Waals surface area contributed by atoms with Crippen LogP contribution in [0.3, 0.4) is 0 Å². The molecule has 9 heteroatoms. The summed E-state index contributed by atoms with van der Waals surface area (Å²) in [6.07, 6.45) is 4.69. The fourth-order valence-corrected chi connectivity index (χ4v) is 4.26. The molecule has 7 nitrogen and oxygen atoms in total. The number of benzene rings is 1. The van der Waals surface area contributed by atoms with Gasteiger partial charge in [-0.1, -0.05) is 17.7 Å². The minimum Gasteiger partial charge on any atom is -0.375 e. The Labute approximate surface area is 174 Å². The molecule has 2 aromatic heterocycles. The number of anilines is 2. The summed E-state index contributed by atoms with van der Waals surface area (Å²) in [6.45, 7) is 4.38. The molecular formula is C20H21ClN4O3S. The summed E-state index contributed by atoms with van der Waals surface area (Å²) in [5, 5.41) is 1.12. The van der Waals surface area contributed by atoms with Gasteiger partial charge in [0.05, 0.1) is 30.2 Å². The number of fused-ring (bicyclic) bond motifs is 1. The molecule has 152 valence electrons. The smallest absolute Gasteiger partial charge is 0.229 e. The maximum Gasteiger partial charge on any atom is 0.229 e. The van der Waals surface area contributed by atoms with Crippen LogP contribution in [0.4, 0.5) is 11.4 Å². The van der Waals surface area contributed by atoms with Gasteiger partial charge in [-0.3, -0.25) is 9.71 Å². The van der Waals surface area contributed by atoms with Crippen molar-refractivity contribution in [3.05, 3.63) is 47.9 Å². The molecule has 1 N–H and O–H groups in total. The second-order valence-electron chi connectivity index (χ2n) is 7.13. The number of halogens is 1. The van der Waals surface area contributed by atoms with Gasteiger partial charge in [0.15, 0.2) is 5.15 Å². The van der Waals surface area contributed by atoms with Crippen LogP contribution in [0.1, 0.15) is 6.92 Å². The van der Waals surface area contributed by atoms with Gasteiger partial charge in [-0.25, -0.2) is 13.4 Å². The van der Waals surface area contributed by atoms with Crippen LogP contribution in [-0.4, -0.2) is 50.4 Å². The second kappa shape index (κ2) is 7.78. The van der Waals surface area contributed by atoms with Crippen molar-refractivity contribution in [1.29, 1.82) is 0 Å². The van der Waals surface area contributed by atoms with Crippen LogP contribution < -0.4 is 9.62 Å². The number of sulfonamides is 1. The van der Waals surface area contributed by atoms with Gasteiger partial charge in [0.2, 0.25) is 10.0 Å². The van der Waals surface area contributed by atoms with Crippen LogP contribution in [0.15, 0.2) is 42.7 Å². The van der Waals surface area contributed by atoms with Crippen molar-refractivity contribution in [1.82, 2.24) is 9.97 Å². The van der Waals surface area contributed by atoms with Crippen molar-refractivity contribution in [2.45, 2.75) is 13.0 Å². The first-order chi connectivity index (χ1) is 13.8. The van der Waals surface area contributed by atoms with E-state index in [1.807, 2.05) is 30.5 Å². The number of ether oxygens (including phenoxy) is 1. The fourth-order valence-electron chi connectivity index (χ4n) is 3.50. The molecule has 0 radical (unpaired) electrons. The van der Waals surface area contributed by atoms with E-state index in [1.165, 1.54) is 0 Å². The maximum absolute atomic E-state index is 11.6. The summed E-state index contributed by atoms with van der Waals surface area (Å²) in [6, 6.07) is 9.64. The lowest BCUT2D eigenvalue weighted by Gasteiger charge is -2.33. The Hall–Kier alpha value is -2.42. The highest BCUT2D eigenvalue weighted by atomic mass is 35.5. The molecule has 1 fully saturated rings. The average Bonchev–Trinajstić information content (AvgIpc) is 2.68. The van der Waals surface area contributed by atoms with Gasteiger partial charge in [-0.05, 0) is 36.8 Å². The lowest BCUT2D eigenvalue weighted by molar-refractivity contribution is 0.0533. The number of nitrogens with one attached hydrogen (secondary N) is 1. The first kappa shape index (κ1) is 19.9. The molecule has 1 saturated heterocycles. The topological polar surface area (TPSA) is 84.4 Å². The minimum atomic E-state index is -3.46. The van der Waals surface area contributed by atoms with Gasteiger partial charge in [-0.15, -0.1) is 0 Å². The Kier molecular flexibility index (Phi) is 5.33. The predicted octanol–water partition coefficient (Wildman–Crippen LogP) is 3.55. The summed E-state index contributed by atoms with van der Waals surface area (Å²) < 4.78 is 31.3. The van der Waals surface area contributed by atoms with Crippen LogP contribution in [0.5, 0.6) is 0 Å². The molecule has 1 aliphatic rings. The van der Waals surface area contributed by atoms with E-state index >= 15 is 0 Å². The third-order valence-electron chi connectivity index (χ3n) is 4.77. The van der Waals surface area contributed by atoms with Crippen molar-refractivity contribution in [3.8, 4) is 11.1 Å². The number of morpholine rings is 1. The molecule has 0 unspecified atom stereocenters. The van der Waals surface area contributed by atoms with Crippen LogP contribution in [0, 0.1) is 0 Å². The molecule has 0 aliphatic carbocycles. The highest BCUT2D eigenvalue weighted by Gasteiger charge is 2.19. The summed E-state index contributed by atoms with van der Waals surface area (Å²) in [5.74, 6) is 0. The van der Waals surface area contributed by atoms with E-state index in [0.29, 0.717) is 6.61 Å². The monoisotopic (exact) mass is 432 g/mol. The Balaban J connectivity index is 1.78. The average molecular weight is 433 g/mol. The molecule has 3 aromatic rings. The number of hydrogen-bond donors (Lipinski definition) is 1. The SMILES string of the molecule is C[C@@H]1CN(c2ccnc3ccc(-c4cnc(Cl)c(NS(C)(=O)=O)c4)cc23)CCO1. The van der Waals surface area contributed by atoms with Crippen LogP contribution in [0.25, 0.3) is 22.0 Å². The van der Waals surface area contributed by atoms with Crippen molar-refractivity contribution in [3.63, 3.8) is 0 Å². The highest BCUT2D eigenvalue weighted by Crippen LogP contribution is 2.33. The zero-order chi connectivity index (χ0) is 20.6. The van der Waals surface area contributed by atoms with Crippen LogP contribution in [-0.2, 0) is 14.8 Å². The van der Waals surface area contributed by atoms with Gasteiger partial charge in [-0.2, -0.15) is 0 Å². The van der Waals surface area contributed by atoms with E-state index in [1.54, 1.807) is 12.3 Å². The van der Waals surface area contributed by atoms with E-state index in [9.17, 15) is 8.42 Å². The summed E-state index contributed by atoms with van der Waals surface area (Å²) in [5.41, 5.74) is 3.90. The summed E-state index contributed by atoms with van der Waals surface area (Å²) >= 11 is 6.06. The Morgan fingerprint density at radius 3 is 2.79 bits per heavy atom. The normalized spacial score (nSPS) is 17.5. The summed E-state index contributed by atoms with van der Waals surface area (Å²) in [7, 11) is -3.46. The highest BCUT2D eigenvalue weighted by molar-refractivity contribution is 7.92. The number of pyridine rings is 2. The molecule has 3 heterocycles. The first-order valence-electron chi connectivity index (χ1n) is 9.19. The standard InChI is InChI=1S/C20H21ClN4O3S/c1-13-12-25(7-8-28-13)19-5-6-22-17-4-3-14(9-16(17)19)15-10-18(20(21)23-11-15)24-29(2,26)27/h3-6,9-11,13,24H,7-8,12H2,1-2H3/t13-/m1/s1. The number of hydrogen-bond acceptors (Lipinski definition) is 6.